The first-order chi connectivity index (χ1) is 23.6. The third kappa shape index (κ3) is 11.4. The molecule has 278 valence electrons. The summed E-state index contributed by atoms with van der Waals surface area (Å²) < 4.78 is 85.3. The van der Waals surface area contributed by atoms with Crippen molar-refractivity contribution in [2.24, 2.45) is 5.73 Å². The first-order valence-corrected chi connectivity index (χ1v) is 18.6. The second kappa shape index (κ2) is 16.9. The van der Waals surface area contributed by atoms with Gasteiger partial charge in [-0.3, -0.25) is 13.9 Å². The molecule has 1 aliphatic heterocycles. The molecule has 51 heavy (non-hydrogen) atoms. The van der Waals surface area contributed by atoms with Crippen molar-refractivity contribution >= 4 is 78.1 Å². The summed E-state index contributed by atoms with van der Waals surface area (Å²) in [5, 5.41) is 13.4. The summed E-state index contributed by atoms with van der Waals surface area (Å²) in [6.07, 6.45) is -4.07. The molecule has 0 bridgehead atoms. The summed E-state index contributed by atoms with van der Waals surface area (Å²) in [6.45, 7) is 1.27. The van der Waals surface area contributed by atoms with Crippen LogP contribution < -0.4 is 25.6 Å². The van der Waals surface area contributed by atoms with Crippen LogP contribution in [-0.2, 0) is 36.2 Å². The summed E-state index contributed by atoms with van der Waals surface area (Å²) in [5.41, 5.74) is 7.14. The van der Waals surface area contributed by atoms with E-state index in [0.29, 0.717) is 34.4 Å². The number of carboxylic acid groups (broad SMARTS) is 1. The summed E-state index contributed by atoms with van der Waals surface area (Å²) in [7, 11) is -6.19. The Hall–Kier alpha value is -4.14. The maximum atomic E-state index is 13.4. The number of rotatable bonds is 10. The number of carbonyl (C=O) groups excluding carboxylic acids is 2. The number of nitrogens with one attached hydrogen (secondary N) is 2. The number of amides is 2. The number of hydrogen-bond acceptors (Lipinski definition) is 9. The molecule has 0 unspecified atom stereocenters. The Balaban J connectivity index is 0.000000908. The summed E-state index contributed by atoms with van der Waals surface area (Å²) in [4.78, 5) is 35.9. The number of nitrogens with two attached hydrogens (primary N) is 1. The number of hydrogen-bond donors (Lipinski definition) is 4. The van der Waals surface area contributed by atoms with Crippen molar-refractivity contribution in [1.82, 2.24) is 9.62 Å². The van der Waals surface area contributed by atoms with Crippen LogP contribution in [0.4, 0.5) is 30.2 Å². The second-order valence-electron chi connectivity index (χ2n) is 10.9. The van der Waals surface area contributed by atoms with Gasteiger partial charge in [-0.2, -0.15) is 17.5 Å². The highest BCUT2D eigenvalue weighted by molar-refractivity contribution is 7.92. The van der Waals surface area contributed by atoms with Crippen molar-refractivity contribution in [3.05, 3.63) is 81.8 Å². The standard InChI is InChI=1S/C28H32Cl2N6O6S2.C2HF3O2/c1-34(43(2,39)40)26-8-3-19(18-32-27(37)17-31)13-25(26)28(38)33-22-4-6-24(7-5-22)44(41,42)36-11-9-35(10-12-36)23-15-20(29)14-21(30)16-23;3-2(4,5)1(6)7/h3-8,13-16H,9-12,17-18,31H2,1-2H3,(H,32,37)(H,33,38);(H,6,7). The van der Waals surface area contributed by atoms with Gasteiger partial charge in [-0.25, -0.2) is 21.6 Å². The fourth-order valence-electron chi connectivity index (χ4n) is 4.57. The van der Waals surface area contributed by atoms with Crippen molar-refractivity contribution in [1.29, 1.82) is 0 Å². The van der Waals surface area contributed by atoms with Gasteiger partial charge in [0.25, 0.3) is 5.91 Å². The number of halogens is 5. The normalized spacial score (nSPS) is 13.8. The van der Waals surface area contributed by atoms with E-state index in [4.69, 9.17) is 38.8 Å². The molecule has 0 radical (unpaired) electrons. The molecule has 1 saturated heterocycles. The lowest BCUT2D eigenvalue weighted by Crippen LogP contribution is -2.48. The molecular formula is C30H33Cl2F3N6O8S2. The van der Waals surface area contributed by atoms with E-state index in [1.54, 1.807) is 24.3 Å². The maximum absolute atomic E-state index is 13.4. The molecule has 0 aromatic heterocycles. The molecule has 14 nitrogen and oxygen atoms in total. The first kappa shape index (κ1) is 41.3. The van der Waals surface area contributed by atoms with Crippen LogP contribution in [0.15, 0.2) is 65.6 Å². The molecule has 2 amide bonds. The highest BCUT2D eigenvalue weighted by atomic mass is 35.5. The highest BCUT2D eigenvalue weighted by Gasteiger charge is 2.38. The maximum Gasteiger partial charge on any atom is 0.490 e. The SMILES string of the molecule is CN(c1ccc(CNC(=O)CN)cc1C(=O)Nc1ccc(S(=O)(=O)N2CCN(c3cc(Cl)cc(Cl)c3)CC2)cc1)S(C)(=O)=O.O=C(O)C(F)(F)F. The molecule has 3 aromatic carbocycles. The van der Waals surface area contributed by atoms with E-state index in [1.807, 2.05) is 4.90 Å². The Kier molecular flexibility index (Phi) is 13.7. The van der Waals surface area contributed by atoms with Gasteiger partial charge >= 0.3 is 12.1 Å². The minimum atomic E-state index is -5.08. The summed E-state index contributed by atoms with van der Waals surface area (Å²) >= 11 is 12.2. The van der Waals surface area contributed by atoms with Gasteiger partial charge in [0.2, 0.25) is 26.0 Å². The van der Waals surface area contributed by atoms with E-state index in [1.165, 1.54) is 47.8 Å². The largest absolute Gasteiger partial charge is 0.490 e. The Morgan fingerprint density at radius 2 is 1.47 bits per heavy atom. The quantitative estimate of drug-likeness (QED) is 0.236. The van der Waals surface area contributed by atoms with Gasteiger partial charge in [0.1, 0.15) is 0 Å². The molecule has 3 aromatic rings. The van der Waals surface area contributed by atoms with Gasteiger partial charge in [0.05, 0.1) is 28.9 Å². The van der Waals surface area contributed by atoms with Gasteiger partial charge in [-0.1, -0.05) is 29.3 Å². The van der Waals surface area contributed by atoms with E-state index >= 15 is 0 Å². The molecule has 4 rings (SSSR count). The number of nitrogens with zero attached hydrogens (tertiary/aromatic N) is 3. The fourth-order valence-corrected chi connectivity index (χ4v) is 7.02. The number of alkyl halides is 3. The zero-order valence-corrected chi connectivity index (χ0v) is 30.1. The van der Waals surface area contributed by atoms with Crippen LogP contribution in [0.25, 0.3) is 0 Å². The number of anilines is 3. The van der Waals surface area contributed by atoms with E-state index in [-0.39, 0.29) is 42.3 Å². The number of carboxylic acids is 1. The van der Waals surface area contributed by atoms with Crippen molar-refractivity contribution in [3.63, 3.8) is 0 Å². The lowest BCUT2D eigenvalue weighted by atomic mass is 10.1. The number of sulfonamides is 2. The summed E-state index contributed by atoms with van der Waals surface area (Å²) in [6, 6.07) is 15.4. The van der Waals surface area contributed by atoms with Crippen LogP contribution in [0.2, 0.25) is 10.0 Å². The van der Waals surface area contributed by atoms with Gasteiger partial charge in [-0.05, 0) is 60.2 Å². The molecule has 21 heteroatoms. The monoisotopic (exact) mass is 796 g/mol. The summed E-state index contributed by atoms with van der Waals surface area (Å²) in [5.74, 6) is -3.78. The zero-order chi connectivity index (χ0) is 38.3. The molecule has 1 fully saturated rings. The predicted molar refractivity (Wildman–Crippen MR) is 186 cm³/mol. The number of aliphatic carboxylic acids is 1. The van der Waals surface area contributed by atoms with Crippen LogP contribution in [0.3, 0.4) is 0 Å². The smallest absolute Gasteiger partial charge is 0.475 e. The van der Waals surface area contributed by atoms with E-state index in [9.17, 15) is 39.6 Å². The number of carbonyl (C=O) groups is 3. The first-order valence-electron chi connectivity index (χ1n) is 14.6. The Morgan fingerprint density at radius 3 is 1.96 bits per heavy atom. The molecule has 0 spiro atoms. The third-order valence-corrected chi connectivity index (χ3v) is 10.8. The van der Waals surface area contributed by atoms with Gasteiger partial charge in [0.15, 0.2) is 0 Å². The molecule has 1 aliphatic rings. The van der Waals surface area contributed by atoms with Crippen LogP contribution >= 0.6 is 23.2 Å². The topological polar surface area (TPSA) is 200 Å². The van der Waals surface area contributed by atoms with Crippen molar-refractivity contribution in [2.75, 3.05) is 60.5 Å². The minimum Gasteiger partial charge on any atom is -0.475 e. The number of piperazine rings is 1. The molecule has 1 heterocycles. The molecule has 0 aliphatic carbocycles. The highest BCUT2D eigenvalue weighted by Crippen LogP contribution is 2.28. The fraction of sp³-hybridized carbons (Fsp3) is 0.300. The minimum absolute atomic E-state index is 0.0352. The zero-order valence-electron chi connectivity index (χ0n) is 26.9. The Morgan fingerprint density at radius 1 is 0.922 bits per heavy atom. The van der Waals surface area contributed by atoms with Crippen molar-refractivity contribution in [2.45, 2.75) is 17.6 Å². The Bertz CT molecular complexity index is 1960. The number of benzene rings is 3. The Labute approximate surface area is 302 Å². The molecule has 0 atom stereocenters. The van der Waals surface area contributed by atoms with Crippen molar-refractivity contribution in [3.8, 4) is 0 Å². The van der Waals surface area contributed by atoms with Crippen LogP contribution in [0, 0.1) is 0 Å². The van der Waals surface area contributed by atoms with E-state index in [2.05, 4.69) is 10.6 Å². The van der Waals surface area contributed by atoms with E-state index in [0.717, 1.165) is 16.2 Å². The predicted octanol–water partition coefficient (Wildman–Crippen LogP) is 3.36. The van der Waals surface area contributed by atoms with Crippen molar-refractivity contribution < 1.29 is 49.5 Å². The van der Waals surface area contributed by atoms with Crippen LogP contribution in [-0.4, -0.2) is 96.2 Å². The molecule has 0 saturated carbocycles. The molecular weight excluding hydrogens is 764 g/mol. The third-order valence-electron chi connectivity index (χ3n) is 7.26. The lowest BCUT2D eigenvalue weighted by molar-refractivity contribution is -0.192. The van der Waals surface area contributed by atoms with Gasteiger partial charge < -0.3 is 26.4 Å². The second-order valence-corrected chi connectivity index (χ2v) is 15.7. The van der Waals surface area contributed by atoms with Crippen LogP contribution in [0.5, 0.6) is 0 Å². The van der Waals surface area contributed by atoms with Gasteiger partial charge in [0, 0.05) is 61.2 Å². The van der Waals surface area contributed by atoms with Crippen LogP contribution in [0.1, 0.15) is 15.9 Å². The van der Waals surface area contributed by atoms with Gasteiger partial charge in [-0.15, -0.1) is 0 Å². The van der Waals surface area contributed by atoms with E-state index < -0.39 is 44.0 Å². The average Bonchev–Trinajstić information content (AvgIpc) is 3.06. The molecule has 5 N–H and O–H groups in total. The lowest BCUT2D eigenvalue weighted by Gasteiger charge is -2.35. The average molecular weight is 798 g/mol.